The van der Waals surface area contributed by atoms with Crippen molar-refractivity contribution >= 4 is 5.91 Å². The number of alkyl halides is 6. The Bertz CT molecular complexity index is 750. The molecule has 24 heavy (non-hydrogen) atoms. The minimum atomic E-state index is -4.84. The van der Waals surface area contributed by atoms with Crippen LogP contribution in [0.2, 0.25) is 0 Å². The van der Waals surface area contributed by atoms with Gasteiger partial charge in [-0.15, -0.1) is 0 Å². The fourth-order valence-corrected chi connectivity index (χ4v) is 1.89. The molecule has 0 heterocycles. The highest BCUT2D eigenvalue weighted by Gasteiger charge is 2.36. The number of amides is 1. The van der Waals surface area contributed by atoms with Crippen LogP contribution in [0.1, 0.15) is 21.5 Å². The molecule has 2 aromatic carbocycles. The molecule has 0 aromatic heterocycles. The van der Waals surface area contributed by atoms with E-state index in [9.17, 15) is 31.1 Å². The second kappa shape index (κ2) is 6.06. The van der Waals surface area contributed by atoms with Crippen LogP contribution >= 0.6 is 0 Å². The Labute approximate surface area is 131 Å². The third kappa shape index (κ3) is 3.79. The quantitative estimate of drug-likeness (QED) is 0.823. The van der Waals surface area contributed by atoms with Crippen molar-refractivity contribution in [3.05, 3.63) is 59.2 Å². The third-order valence-electron chi connectivity index (χ3n) is 2.99. The maximum absolute atomic E-state index is 13.0. The van der Waals surface area contributed by atoms with Gasteiger partial charge < -0.3 is 10.5 Å². The van der Waals surface area contributed by atoms with Gasteiger partial charge in [-0.05, 0) is 36.4 Å². The molecule has 0 bridgehead atoms. The van der Waals surface area contributed by atoms with Crippen molar-refractivity contribution in [1.82, 2.24) is 0 Å². The molecule has 2 aromatic rings. The number of benzene rings is 2. The topological polar surface area (TPSA) is 52.3 Å². The zero-order valence-electron chi connectivity index (χ0n) is 11.7. The minimum absolute atomic E-state index is 0.304. The summed E-state index contributed by atoms with van der Waals surface area (Å²) in [5.41, 5.74) is 2.23. The maximum atomic E-state index is 13.0. The molecule has 0 unspecified atom stereocenters. The summed E-state index contributed by atoms with van der Waals surface area (Å²) in [7, 11) is 0. The molecular formula is C15H9F6NO2. The summed E-state index contributed by atoms with van der Waals surface area (Å²) in [6, 6.07) is 5.66. The van der Waals surface area contributed by atoms with E-state index < -0.39 is 40.7 Å². The van der Waals surface area contributed by atoms with Gasteiger partial charge >= 0.3 is 12.4 Å². The van der Waals surface area contributed by atoms with Crippen molar-refractivity contribution in [2.75, 3.05) is 0 Å². The molecule has 0 atom stereocenters. The third-order valence-corrected chi connectivity index (χ3v) is 2.99. The van der Waals surface area contributed by atoms with Crippen LogP contribution in [-0.4, -0.2) is 5.91 Å². The second-order valence-electron chi connectivity index (χ2n) is 4.67. The van der Waals surface area contributed by atoms with Crippen LogP contribution in [0.5, 0.6) is 11.5 Å². The molecule has 3 nitrogen and oxygen atoms in total. The fraction of sp³-hybridized carbons (Fsp3) is 0.133. The zero-order chi connectivity index (χ0) is 18.1. The molecule has 128 valence electrons. The van der Waals surface area contributed by atoms with Gasteiger partial charge in [0, 0.05) is 0 Å². The maximum Gasteiger partial charge on any atom is 0.420 e. The number of rotatable bonds is 3. The summed E-state index contributed by atoms with van der Waals surface area (Å²) in [5.74, 6) is -2.33. The summed E-state index contributed by atoms with van der Waals surface area (Å²) in [6.07, 6.45) is -9.44. The van der Waals surface area contributed by atoms with Gasteiger partial charge in [-0.2, -0.15) is 26.3 Å². The Hall–Kier alpha value is -2.71. The SMILES string of the molecule is NC(=O)c1cccc(C(F)(F)F)c1Oc1ccc(C(F)(F)F)cc1. The Balaban J connectivity index is 2.47. The lowest BCUT2D eigenvalue weighted by Crippen LogP contribution is -2.16. The number of hydrogen-bond acceptors (Lipinski definition) is 2. The number of halogens is 6. The number of carbonyl (C=O) groups excluding carboxylic acids is 1. The molecule has 0 radical (unpaired) electrons. The van der Waals surface area contributed by atoms with E-state index in [1.807, 2.05) is 0 Å². The molecule has 0 aliphatic carbocycles. The first-order chi connectivity index (χ1) is 11.0. The predicted molar refractivity (Wildman–Crippen MR) is 71.5 cm³/mol. The molecule has 1 amide bonds. The molecule has 0 saturated heterocycles. The van der Waals surface area contributed by atoms with E-state index in [4.69, 9.17) is 10.5 Å². The number of hydrogen-bond donors (Lipinski definition) is 1. The van der Waals surface area contributed by atoms with Crippen molar-refractivity contribution in [3.63, 3.8) is 0 Å². The summed E-state index contributed by atoms with van der Waals surface area (Å²) < 4.78 is 81.6. The molecule has 0 aliphatic rings. The van der Waals surface area contributed by atoms with Crippen LogP contribution in [0, 0.1) is 0 Å². The number of ether oxygens (including phenoxy) is 1. The van der Waals surface area contributed by atoms with Gasteiger partial charge in [0.05, 0.1) is 16.7 Å². The molecular weight excluding hydrogens is 340 g/mol. The number of carbonyl (C=O) groups is 1. The lowest BCUT2D eigenvalue weighted by molar-refractivity contribution is -0.138. The van der Waals surface area contributed by atoms with E-state index in [-0.39, 0.29) is 5.75 Å². The first-order valence-electron chi connectivity index (χ1n) is 6.35. The Morgan fingerprint density at radius 1 is 0.875 bits per heavy atom. The van der Waals surface area contributed by atoms with Crippen LogP contribution in [-0.2, 0) is 12.4 Å². The highest BCUT2D eigenvalue weighted by atomic mass is 19.4. The number of para-hydroxylation sites is 1. The summed E-state index contributed by atoms with van der Waals surface area (Å²) in [4.78, 5) is 11.3. The van der Waals surface area contributed by atoms with Crippen LogP contribution in [0.4, 0.5) is 26.3 Å². The minimum Gasteiger partial charge on any atom is -0.456 e. The molecule has 2 rings (SSSR count). The zero-order valence-corrected chi connectivity index (χ0v) is 11.7. The monoisotopic (exact) mass is 349 g/mol. The van der Waals surface area contributed by atoms with Gasteiger partial charge in [0.2, 0.25) is 0 Å². The van der Waals surface area contributed by atoms with E-state index in [2.05, 4.69) is 0 Å². The van der Waals surface area contributed by atoms with Crippen LogP contribution < -0.4 is 10.5 Å². The second-order valence-corrected chi connectivity index (χ2v) is 4.67. The summed E-state index contributed by atoms with van der Waals surface area (Å²) >= 11 is 0. The van der Waals surface area contributed by atoms with Gasteiger partial charge in [-0.25, -0.2) is 0 Å². The van der Waals surface area contributed by atoms with Gasteiger partial charge in [0.15, 0.2) is 5.75 Å². The average molecular weight is 349 g/mol. The van der Waals surface area contributed by atoms with Crippen LogP contribution in [0.3, 0.4) is 0 Å². The molecule has 0 fully saturated rings. The normalized spacial score (nSPS) is 12.1. The summed E-state index contributed by atoms with van der Waals surface area (Å²) in [5, 5.41) is 0. The van der Waals surface area contributed by atoms with Crippen molar-refractivity contribution in [2.45, 2.75) is 12.4 Å². The molecule has 0 saturated carbocycles. The lowest BCUT2D eigenvalue weighted by Gasteiger charge is -2.16. The van der Waals surface area contributed by atoms with Crippen molar-refractivity contribution in [1.29, 1.82) is 0 Å². The van der Waals surface area contributed by atoms with Gasteiger partial charge in [-0.3, -0.25) is 4.79 Å². The Kier molecular flexibility index (Phi) is 4.46. The van der Waals surface area contributed by atoms with Crippen LogP contribution in [0.25, 0.3) is 0 Å². The highest BCUT2D eigenvalue weighted by molar-refractivity contribution is 5.96. The van der Waals surface area contributed by atoms with E-state index >= 15 is 0 Å². The van der Waals surface area contributed by atoms with Gasteiger partial charge in [0.25, 0.3) is 5.91 Å². The van der Waals surface area contributed by atoms with E-state index in [0.29, 0.717) is 18.2 Å². The number of primary amides is 1. The number of nitrogens with two attached hydrogens (primary N) is 1. The van der Waals surface area contributed by atoms with Crippen molar-refractivity contribution < 1.29 is 35.9 Å². The first-order valence-corrected chi connectivity index (χ1v) is 6.35. The van der Waals surface area contributed by atoms with Crippen LogP contribution in [0.15, 0.2) is 42.5 Å². The van der Waals surface area contributed by atoms with E-state index in [1.54, 1.807) is 0 Å². The first kappa shape index (κ1) is 17.6. The van der Waals surface area contributed by atoms with Crippen molar-refractivity contribution in [3.8, 4) is 11.5 Å². The Morgan fingerprint density at radius 2 is 1.46 bits per heavy atom. The lowest BCUT2D eigenvalue weighted by atomic mass is 10.1. The molecule has 0 aliphatic heterocycles. The standard InChI is InChI=1S/C15H9F6NO2/c16-14(17,18)8-4-6-9(7-5-8)24-12-10(13(22)23)2-1-3-11(12)15(19,20)21/h1-7H,(H2,22,23). The average Bonchev–Trinajstić information content (AvgIpc) is 2.45. The molecule has 9 heteroatoms. The van der Waals surface area contributed by atoms with Crippen molar-refractivity contribution in [2.24, 2.45) is 5.73 Å². The predicted octanol–water partition coefficient (Wildman–Crippen LogP) is 4.62. The smallest absolute Gasteiger partial charge is 0.420 e. The van der Waals surface area contributed by atoms with Gasteiger partial charge in [-0.1, -0.05) is 6.07 Å². The fourth-order valence-electron chi connectivity index (χ4n) is 1.89. The van der Waals surface area contributed by atoms with E-state index in [0.717, 1.165) is 24.3 Å². The van der Waals surface area contributed by atoms with Gasteiger partial charge in [0.1, 0.15) is 5.75 Å². The summed E-state index contributed by atoms with van der Waals surface area (Å²) in [6.45, 7) is 0. The molecule has 2 N–H and O–H groups in total. The molecule has 0 spiro atoms. The Morgan fingerprint density at radius 3 is 1.92 bits per heavy atom. The van der Waals surface area contributed by atoms with E-state index in [1.165, 1.54) is 0 Å². The highest BCUT2D eigenvalue weighted by Crippen LogP contribution is 2.40. The largest absolute Gasteiger partial charge is 0.456 e.